The van der Waals surface area contributed by atoms with E-state index in [1.54, 1.807) is 9.58 Å². The number of rotatable bonds is 9. The van der Waals surface area contributed by atoms with Gasteiger partial charge in [0.15, 0.2) is 0 Å². The fourth-order valence-corrected chi connectivity index (χ4v) is 5.44. The van der Waals surface area contributed by atoms with E-state index in [0.29, 0.717) is 24.4 Å². The molecule has 1 fully saturated rings. The summed E-state index contributed by atoms with van der Waals surface area (Å²) in [5, 5.41) is 11.5. The number of carbonyl (C=O) groups excluding carboxylic acids is 2. The van der Waals surface area contributed by atoms with Crippen molar-refractivity contribution in [2.24, 2.45) is 0 Å². The fraction of sp³-hybridized carbons (Fsp3) is 0.235. The van der Waals surface area contributed by atoms with E-state index < -0.39 is 6.04 Å². The van der Waals surface area contributed by atoms with Gasteiger partial charge in [0.25, 0.3) is 5.91 Å². The zero-order chi connectivity index (χ0) is 29.6. The molecule has 4 aromatic carbocycles. The highest BCUT2D eigenvalue weighted by atomic mass is 16.5. The molecule has 1 N–H and O–H groups in total. The molecule has 1 aliphatic rings. The van der Waals surface area contributed by atoms with E-state index >= 15 is 0 Å². The van der Waals surface area contributed by atoms with Crippen molar-refractivity contribution in [1.29, 1.82) is 0 Å². The molecule has 9 nitrogen and oxygen atoms in total. The summed E-state index contributed by atoms with van der Waals surface area (Å²) in [5.74, 6) is -0.540. The standard InChI is InChI=1S/C34H34N6O3/c1-25-9-5-6-12-27(25)23-39(32(41)24-40-31-14-8-7-13-30(31)36-37-40)33(26-10-3-2-4-11-26)34(42)35-28-15-17-29(18-16-28)38-19-21-43-22-20-38/h2-18,33H,19-24H2,1H3,(H,35,42). The summed E-state index contributed by atoms with van der Waals surface area (Å²) in [6.07, 6.45) is 0. The summed E-state index contributed by atoms with van der Waals surface area (Å²) in [4.78, 5) is 32.3. The van der Waals surface area contributed by atoms with Crippen molar-refractivity contribution in [3.8, 4) is 0 Å². The fourth-order valence-electron chi connectivity index (χ4n) is 5.44. The predicted octanol–water partition coefficient (Wildman–Crippen LogP) is 4.99. The van der Waals surface area contributed by atoms with Crippen molar-refractivity contribution in [1.82, 2.24) is 19.9 Å². The third kappa shape index (κ3) is 6.42. The molecule has 0 radical (unpaired) electrons. The molecule has 1 atom stereocenters. The molecule has 2 heterocycles. The molecule has 0 bridgehead atoms. The third-order valence-corrected chi connectivity index (χ3v) is 7.81. The number of anilines is 2. The van der Waals surface area contributed by atoms with E-state index in [4.69, 9.17) is 4.74 Å². The molecular weight excluding hydrogens is 540 g/mol. The van der Waals surface area contributed by atoms with Gasteiger partial charge in [-0.25, -0.2) is 4.68 Å². The van der Waals surface area contributed by atoms with Gasteiger partial charge in [0.1, 0.15) is 18.1 Å². The van der Waals surface area contributed by atoms with Gasteiger partial charge < -0.3 is 19.9 Å². The molecule has 9 heteroatoms. The molecule has 1 aromatic heterocycles. The largest absolute Gasteiger partial charge is 0.378 e. The molecule has 2 amide bonds. The molecule has 43 heavy (non-hydrogen) atoms. The van der Waals surface area contributed by atoms with Crippen LogP contribution in [0.4, 0.5) is 11.4 Å². The van der Waals surface area contributed by atoms with Crippen LogP contribution in [0.15, 0.2) is 103 Å². The van der Waals surface area contributed by atoms with Crippen molar-refractivity contribution in [3.05, 3.63) is 120 Å². The number of benzene rings is 4. The Morgan fingerprint density at radius 3 is 2.35 bits per heavy atom. The maximum absolute atomic E-state index is 14.2. The number of carbonyl (C=O) groups is 2. The summed E-state index contributed by atoms with van der Waals surface area (Å²) in [7, 11) is 0. The van der Waals surface area contributed by atoms with E-state index in [2.05, 4.69) is 20.5 Å². The summed E-state index contributed by atoms with van der Waals surface area (Å²) < 4.78 is 7.06. The lowest BCUT2D eigenvalue weighted by Crippen LogP contribution is -2.42. The number of aryl methyl sites for hydroxylation is 1. The summed E-state index contributed by atoms with van der Waals surface area (Å²) in [5.41, 5.74) is 5.92. The Morgan fingerprint density at radius 2 is 1.58 bits per heavy atom. The molecule has 1 unspecified atom stereocenters. The number of morpholine rings is 1. The Morgan fingerprint density at radius 1 is 0.884 bits per heavy atom. The number of nitrogens with one attached hydrogen (secondary N) is 1. The van der Waals surface area contributed by atoms with Gasteiger partial charge in [0.2, 0.25) is 5.91 Å². The van der Waals surface area contributed by atoms with Crippen LogP contribution in [0.5, 0.6) is 0 Å². The number of hydrogen-bond donors (Lipinski definition) is 1. The predicted molar refractivity (Wildman–Crippen MR) is 167 cm³/mol. The number of fused-ring (bicyclic) bond motifs is 1. The smallest absolute Gasteiger partial charge is 0.251 e. The monoisotopic (exact) mass is 574 g/mol. The second kappa shape index (κ2) is 12.9. The Labute approximate surface area is 250 Å². The molecule has 1 aliphatic heterocycles. The number of ether oxygens (including phenoxy) is 1. The number of nitrogens with zero attached hydrogens (tertiary/aromatic N) is 5. The second-order valence-corrected chi connectivity index (χ2v) is 10.6. The SMILES string of the molecule is Cc1ccccc1CN(C(=O)Cn1nnc2ccccc21)C(C(=O)Nc1ccc(N2CCOCC2)cc1)c1ccccc1. The van der Waals surface area contributed by atoms with Crippen molar-refractivity contribution in [2.45, 2.75) is 26.1 Å². The lowest BCUT2D eigenvalue weighted by Gasteiger charge is -2.32. The van der Waals surface area contributed by atoms with E-state index in [1.807, 2.05) is 110 Å². The molecule has 5 aromatic rings. The number of amides is 2. The van der Waals surface area contributed by atoms with E-state index in [1.165, 1.54) is 0 Å². The highest BCUT2D eigenvalue weighted by Gasteiger charge is 2.32. The Kier molecular flexibility index (Phi) is 8.42. The topological polar surface area (TPSA) is 92.6 Å². The summed E-state index contributed by atoms with van der Waals surface area (Å²) in [6.45, 7) is 5.27. The molecule has 0 aliphatic carbocycles. The number of aromatic nitrogens is 3. The van der Waals surface area contributed by atoms with Gasteiger partial charge in [-0.2, -0.15) is 0 Å². The zero-order valence-corrected chi connectivity index (χ0v) is 24.1. The third-order valence-electron chi connectivity index (χ3n) is 7.81. The van der Waals surface area contributed by atoms with Gasteiger partial charge in [-0.3, -0.25) is 9.59 Å². The molecule has 6 rings (SSSR count). The maximum atomic E-state index is 14.2. The Hall–Kier alpha value is -5.02. The van der Waals surface area contributed by atoms with Gasteiger partial charge in [0, 0.05) is 31.0 Å². The minimum atomic E-state index is -0.887. The first-order valence-corrected chi connectivity index (χ1v) is 14.5. The zero-order valence-electron chi connectivity index (χ0n) is 24.1. The minimum absolute atomic E-state index is 0.0583. The van der Waals surface area contributed by atoms with Crippen molar-refractivity contribution in [3.63, 3.8) is 0 Å². The van der Waals surface area contributed by atoms with Crippen molar-refractivity contribution in [2.75, 3.05) is 36.5 Å². The highest BCUT2D eigenvalue weighted by Crippen LogP contribution is 2.28. The Bertz CT molecular complexity index is 1700. The summed E-state index contributed by atoms with van der Waals surface area (Å²) >= 11 is 0. The molecule has 1 saturated heterocycles. The minimum Gasteiger partial charge on any atom is -0.378 e. The normalized spacial score (nSPS) is 13.9. The highest BCUT2D eigenvalue weighted by molar-refractivity contribution is 5.98. The van der Waals surface area contributed by atoms with Crippen LogP contribution >= 0.6 is 0 Å². The number of para-hydroxylation sites is 1. The van der Waals surface area contributed by atoms with Crippen LogP contribution in [0.2, 0.25) is 0 Å². The first kappa shape index (κ1) is 28.1. The van der Waals surface area contributed by atoms with Crippen molar-refractivity contribution < 1.29 is 14.3 Å². The molecule has 0 saturated carbocycles. The van der Waals surface area contributed by atoms with Crippen LogP contribution in [0.1, 0.15) is 22.7 Å². The van der Waals surface area contributed by atoms with Gasteiger partial charge in [-0.05, 0) is 60.0 Å². The maximum Gasteiger partial charge on any atom is 0.251 e. The van der Waals surface area contributed by atoms with E-state index in [-0.39, 0.29) is 24.9 Å². The van der Waals surface area contributed by atoms with Gasteiger partial charge in [-0.15, -0.1) is 5.10 Å². The second-order valence-electron chi connectivity index (χ2n) is 10.6. The van der Waals surface area contributed by atoms with E-state index in [9.17, 15) is 9.59 Å². The first-order chi connectivity index (χ1) is 21.1. The Balaban J connectivity index is 1.32. The van der Waals surface area contributed by atoms with Gasteiger partial charge in [-0.1, -0.05) is 71.9 Å². The van der Waals surface area contributed by atoms with Crippen LogP contribution < -0.4 is 10.2 Å². The van der Waals surface area contributed by atoms with Gasteiger partial charge >= 0.3 is 0 Å². The molecule has 0 spiro atoms. The average molecular weight is 575 g/mol. The van der Waals surface area contributed by atoms with Gasteiger partial charge in [0.05, 0.1) is 18.7 Å². The lowest BCUT2D eigenvalue weighted by atomic mass is 10.0. The van der Waals surface area contributed by atoms with Crippen LogP contribution in [-0.4, -0.2) is 58.0 Å². The number of hydrogen-bond acceptors (Lipinski definition) is 6. The molecule has 218 valence electrons. The average Bonchev–Trinajstić information content (AvgIpc) is 3.45. The van der Waals surface area contributed by atoms with Crippen molar-refractivity contribution >= 4 is 34.2 Å². The first-order valence-electron chi connectivity index (χ1n) is 14.5. The van der Waals surface area contributed by atoms with Crippen LogP contribution in [0.25, 0.3) is 11.0 Å². The quantitative estimate of drug-likeness (QED) is 0.267. The van der Waals surface area contributed by atoms with Crippen LogP contribution in [0.3, 0.4) is 0 Å². The lowest BCUT2D eigenvalue weighted by molar-refractivity contribution is -0.140. The van der Waals surface area contributed by atoms with Crippen LogP contribution in [0, 0.1) is 6.92 Å². The molecular formula is C34H34N6O3. The van der Waals surface area contributed by atoms with E-state index in [0.717, 1.165) is 41.0 Å². The summed E-state index contributed by atoms with van der Waals surface area (Å²) in [6, 6.07) is 31.8. The van der Waals surface area contributed by atoms with Crippen LogP contribution in [-0.2, 0) is 27.4 Å².